The molecule has 2 heterocycles. The molecule has 1 unspecified atom stereocenters. The third kappa shape index (κ3) is 3.23. The average Bonchev–Trinajstić information content (AvgIpc) is 2.62. The molecule has 1 fully saturated rings. The zero-order valence-electron chi connectivity index (χ0n) is 11.5. The Morgan fingerprint density at radius 3 is 2.95 bits per heavy atom. The van der Waals surface area contributed by atoms with Gasteiger partial charge in [-0.25, -0.2) is 4.79 Å². The Morgan fingerprint density at radius 2 is 2.32 bits per heavy atom. The molecule has 0 spiro atoms. The van der Waals surface area contributed by atoms with Crippen molar-refractivity contribution in [2.24, 2.45) is 7.05 Å². The number of carbonyl (C=O) groups excluding carboxylic acids is 1. The molecule has 1 amide bonds. The van der Waals surface area contributed by atoms with E-state index in [1.165, 1.54) is 23.6 Å². The Bertz CT molecular complexity index is 494. The lowest BCUT2D eigenvalue weighted by Gasteiger charge is -2.24. The molecule has 6 heteroatoms. The number of nitrogens with zero attached hydrogens (tertiary/aromatic N) is 2. The fourth-order valence-electron chi connectivity index (χ4n) is 2.46. The Hall–Kier alpha value is -1.17. The Labute approximate surface area is 117 Å². The normalized spacial score (nSPS) is 20.3. The van der Waals surface area contributed by atoms with Crippen LogP contribution < -0.4 is 5.69 Å². The molecular formula is C13H21N3O2S. The van der Waals surface area contributed by atoms with Crippen molar-refractivity contribution < 1.29 is 4.79 Å². The monoisotopic (exact) mass is 283 g/mol. The molecule has 0 saturated carbocycles. The summed E-state index contributed by atoms with van der Waals surface area (Å²) in [5.41, 5.74) is 0.213. The van der Waals surface area contributed by atoms with Crippen molar-refractivity contribution in [1.29, 1.82) is 0 Å². The average molecular weight is 283 g/mol. The number of likely N-dealkylation sites (tertiary alicyclic amines) is 1. The van der Waals surface area contributed by atoms with Crippen molar-refractivity contribution in [3.8, 4) is 0 Å². The molecule has 106 valence electrons. The lowest BCUT2D eigenvalue weighted by molar-refractivity contribution is 0.0753. The van der Waals surface area contributed by atoms with Gasteiger partial charge in [0.1, 0.15) is 5.69 Å². The molecule has 5 nitrogen and oxygen atoms in total. The maximum absolute atomic E-state index is 12.5. The molecule has 2 rings (SSSR count). The molecule has 0 aromatic carbocycles. The lowest BCUT2D eigenvalue weighted by atomic mass is 10.2. The summed E-state index contributed by atoms with van der Waals surface area (Å²) in [4.78, 5) is 28.3. The van der Waals surface area contributed by atoms with Gasteiger partial charge in [0, 0.05) is 31.6 Å². The van der Waals surface area contributed by atoms with Gasteiger partial charge in [-0.3, -0.25) is 9.36 Å². The van der Waals surface area contributed by atoms with Crippen molar-refractivity contribution in [1.82, 2.24) is 14.5 Å². The summed E-state index contributed by atoms with van der Waals surface area (Å²) in [6.07, 6.45) is 4.91. The fourth-order valence-corrected chi connectivity index (χ4v) is 3.55. The van der Waals surface area contributed by atoms with E-state index < -0.39 is 0 Å². The van der Waals surface area contributed by atoms with E-state index in [-0.39, 0.29) is 11.6 Å². The fraction of sp³-hybridized carbons (Fsp3) is 0.692. The van der Waals surface area contributed by atoms with Crippen LogP contribution in [0.3, 0.4) is 0 Å². The van der Waals surface area contributed by atoms with Crippen LogP contribution in [0, 0.1) is 0 Å². The molecule has 1 aromatic heterocycles. The highest BCUT2D eigenvalue weighted by Gasteiger charge is 2.24. The van der Waals surface area contributed by atoms with E-state index in [2.05, 4.69) is 11.9 Å². The number of imidazole rings is 1. The summed E-state index contributed by atoms with van der Waals surface area (Å²) in [5, 5.41) is 0.521. The molecule has 19 heavy (non-hydrogen) atoms. The summed E-state index contributed by atoms with van der Waals surface area (Å²) >= 11 is 1.92. The van der Waals surface area contributed by atoms with Gasteiger partial charge >= 0.3 is 5.69 Å². The van der Waals surface area contributed by atoms with Gasteiger partial charge in [0.15, 0.2) is 0 Å². The van der Waals surface area contributed by atoms with E-state index in [1.54, 1.807) is 7.05 Å². The predicted molar refractivity (Wildman–Crippen MR) is 77.7 cm³/mol. The standard InChI is InChI=1S/C13H21N3O2S/c1-3-19-10-6-4-5-7-16(9-10)12(17)11-8-14-13(18)15(11)2/h8,10H,3-7,9H2,1-2H3,(H,14,18). The lowest BCUT2D eigenvalue weighted by Crippen LogP contribution is -2.37. The van der Waals surface area contributed by atoms with E-state index in [9.17, 15) is 9.59 Å². The highest BCUT2D eigenvalue weighted by Crippen LogP contribution is 2.22. The van der Waals surface area contributed by atoms with E-state index in [1.807, 2.05) is 16.7 Å². The minimum absolute atomic E-state index is 0.0375. The first kappa shape index (κ1) is 14.2. The third-order valence-corrected chi connectivity index (χ3v) is 4.72. The van der Waals surface area contributed by atoms with Gasteiger partial charge in [-0.05, 0) is 18.6 Å². The van der Waals surface area contributed by atoms with Crippen LogP contribution in [0.5, 0.6) is 0 Å². The zero-order valence-corrected chi connectivity index (χ0v) is 12.3. The topological polar surface area (TPSA) is 58.1 Å². The number of rotatable bonds is 3. The van der Waals surface area contributed by atoms with Crippen LogP contribution in [0.1, 0.15) is 36.7 Å². The van der Waals surface area contributed by atoms with E-state index in [4.69, 9.17) is 0 Å². The maximum atomic E-state index is 12.5. The van der Waals surface area contributed by atoms with Crippen molar-refractivity contribution in [2.75, 3.05) is 18.8 Å². The molecule has 0 aliphatic carbocycles. The Morgan fingerprint density at radius 1 is 1.53 bits per heavy atom. The summed E-state index contributed by atoms with van der Waals surface area (Å²) in [5.74, 6) is 1.04. The van der Waals surface area contributed by atoms with Crippen LogP contribution in [0.15, 0.2) is 11.0 Å². The Kier molecular flexibility index (Phi) is 4.74. The van der Waals surface area contributed by atoms with E-state index >= 15 is 0 Å². The van der Waals surface area contributed by atoms with Gasteiger partial charge in [-0.2, -0.15) is 11.8 Å². The second-order valence-electron chi connectivity index (χ2n) is 4.86. The first-order chi connectivity index (χ1) is 9.13. The van der Waals surface area contributed by atoms with E-state index in [0.717, 1.165) is 25.3 Å². The van der Waals surface area contributed by atoms with E-state index in [0.29, 0.717) is 10.9 Å². The molecule has 1 aliphatic rings. The van der Waals surface area contributed by atoms with Crippen molar-refractivity contribution >= 4 is 17.7 Å². The van der Waals surface area contributed by atoms with Gasteiger partial charge in [0.05, 0.1) is 0 Å². The maximum Gasteiger partial charge on any atom is 0.325 e. The van der Waals surface area contributed by atoms with Crippen LogP contribution in [-0.2, 0) is 7.05 Å². The number of hydrogen-bond donors (Lipinski definition) is 1. The zero-order chi connectivity index (χ0) is 13.8. The summed E-state index contributed by atoms with van der Waals surface area (Å²) in [6, 6.07) is 0. The predicted octanol–water partition coefficient (Wildman–Crippen LogP) is 1.46. The largest absolute Gasteiger partial charge is 0.336 e. The molecular weight excluding hydrogens is 262 g/mol. The minimum Gasteiger partial charge on any atom is -0.336 e. The molecule has 1 N–H and O–H groups in total. The SMILES string of the molecule is CCSC1CCCCN(C(=O)c2c[nH]c(=O)n2C)C1. The number of carbonyl (C=O) groups is 1. The van der Waals surface area contributed by atoms with Crippen LogP contribution >= 0.6 is 11.8 Å². The molecule has 1 saturated heterocycles. The number of H-pyrrole nitrogens is 1. The summed E-state index contributed by atoms with van der Waals surface area (Å²) < 4.78 is 1.38. The first-order valence-corrected chi connectivity index (χ1v) is 7.83. The van der Waals surface area contributed by atoms with Gasteiger partial charge in [-0.1, -0.05) is 13.3 Å². The van der Waals surface area contributed by atoms with Crippen LogP contribution in [0.25, 0.3) is 0 Å². The number of nitrogens with one attached hydrogen (secondary N) is 1. The second kappa shape index (κ2) is 6.32. The molecule has 0 bridgehead atoms. The van der Waals surface area contributed by atoms with Gasteiger partial charge in [0.2, 0.25) is 0 Å². The highest BCUT2D eigenvalue weighted by molar-refractivity contribution is 7.99. The van der Waals surface area contributed by atoms with Crippen molar-refractivity contribution in [2.45, 2.75) is 31.4 Å². The first-order valence-electron chi connectivity index (χ1n) is 6.78. The quantitative estimate of drug-likeness (QED) is 0.913. The van der Waals surface area contributed by atoms with Gasteiger partial charge in [-0.15, -0.1) is 0 Å². The highest BCUT2D eigenvalue weighted by atomic mass is 32.2. The van der Waals surface area contributed by atoms with Crippen molar-refractivity contribution in [3.05, 3.63) is 22.4 Å². The molecule has 1 aromatic rings. The second-order valence-corrected chi connectivity index (χ2v) is 6.44. The summed E-state index contributed by atoms with van der Waals surface area (Å²) in [7, 11) is 1.63. The molecule has 1 aliphatic heterocycles. The van der Waals surface area contributed by atoms with Crippen LogP contribution in [0.2, 0.25) is 0 Å². The number of amides is 1. The minimum atomic E-state index is -0.238. The number of aromatic nitrogens is 2. The van der Waals surface area contributed by atoms with Crippen molar-refractivity contribution in [3.63, 3.8) is 0 Å². The van der Waals surface area contributed by atoms with Gasteiger partial charge < -0.3 is 9.88 Å². The number of thioether (sulfide) groups is 1. The van der Waals surface area contributed by atoms with Crippen LogP contribution in [0.4, 0.5) is 0 Å². The van der Waals surface area contributed by atoms with Gasteiger partial charge in [0.25, 0.3) is 5.91 Å². The number of aromatic amines is 1. The smallest absolute Gasteiger partial charge is 0.325 e. The van der Waals surface area contributed by atoms with Crippen LogP contribution in [-0.4, -0.2) is 44.5 Å². The molecule has 1 atom stereocenters. The summed E-state index contributed by atoms with van der Waals surface area (Å²) in [6.45, 7) is 3.73. The molecule has 0 radical (unpaired) electrons. The number of hydrogen-bond acceptors (Lipinski definition) is 3. The Balaban J connectivity index is 2.13. The third-order valence-electron chi connectivity index (χ3n) is 3.54.